The van der Waals surface area contributed by atoms with Crippen LogP contribution in [0.5, 0.6) is 0 Å². The maximum Gasteiger partial charge on any atom is 0.115 e. The first-order chi connectivity index (χ1) is 12.9. The van der Waals surface area contributed by atoms with Gasteiger partial charge >= 0.3 is 0 Å². The highest BCUT2D eigenvalue weighted by molar-refractivity contribution is 6.42. The van der Waals surface area contributed by atoms with Crippen LogP contribution in [-0.2, 0) is 20.6 Å². The van der Waals surface area contributed by atoms with Crippen molar-refractivity contribution in [3.05, 3.63) is 63.6 Å². The number of rotatable bonds is 4. The van der Waals surface area contributed by atoms with Gasteiger partial charge in [-0.25, -0.2) is 0 Å². The first kappa shape index (κ1) is 18.1. The van der Waals surface area contributed by atoms with Gasteiger partial charge in [0.25, 0.3) is 0 Å². The summed E-state index contributed by atoms with van der Waals surface area (Å²) in [5, 5.41) is 14.8. The molecule has 0 radical (unpaired) electrons. The molecule has 138 valence electrons. The van der Waals surface area contributed by atoms with Crippen LogP contribution in [0.4, 0.5) is 0 Å². The number of aromatic nitrogens is 6. The Morgan fingerprint density at radius 3 is 2.15 bits per heavy atom. The first-order valence-corrected chi connectivity index (χ1v) is 9.24. The molecule has 9 heteroatoms. The van der Waals surface area contributed by atoms with Crippen molar-refractivity contribution < 1.29 is 0 Å². The van der Waals surface area contributed by atoms with Crippen molar-refractivity contribution in [1.82, 2.24) is 29.3 Å². The predicted octanol–water partition coefficient (Wildman–Crippen LogP) is 4.69. The number of nitrogens with zero attached hydrogens (tertiary/aromatic N) is 6. The van der Waals surface area contributed by atoms with Gasteiger partial charge in [-0.3, -0.25) is 14.0 Å². The van der Waals surface area contributed by atoms with Crippen LogP contribution in [0.25, 0.3) is 22.5 Å². The van der Waals surface area contributed by atoms with Gasteiger partial charge in [0.2, 0.25) is 0 Å². The van der Waals surface area contributed by atoms with E-state index in [1.165, 1.54) is 0 Å². The molecule has 4 aromatic rings. The Hall–Kier alpha value is -2.28. The smallest absolute Gasteiger partial charge is 0.115 e. The molecule has 0 aliphatic carbocycles. The van der Waals surface area contributed by atoms with Crippen molar-refractivity contribution in [2.75, 3.05) is 0 Å². The molecule has 3 heterocycles. The van der Waals surface area contributed by atoms with Gasteiger partial charge in [-0.2, -0.15) is 15.3 Å². The summed E-state index contributed by atoms with van der Waals surface area (Å²) in [6, 6.07) is 5.52. The first-order valence-electron chi connectivity index (χ1n) is 8.10. The van der Waals surface area contributed by atoms with E-state index in [9.17, 15) is 0 Å². The zero-order valence-electron chi connectivity index (χ0n) is 14.6. The standard InChI is InChI=1S/C18H15Cl3N6/c1-25-9-12(6-22-25)17-16(21)18(13-7-23-26(2)10-13)27(24-17)8-11-3-4-14(19)15(20)5-11/h3-7,9-10H,8H2,1-2H3. The second kappa shape index (κ2) is 7.03. The second-order valence-corrected chi connectivity index (χ2v) is 7.42. The summed E-state index contributed by atoms with van der Waals surface area (Å²) in [4.78, 5) is 0. The Labute approximate surface area is 170 Å². The Morgan fingerprint density at radius 2 is 1.56 bits per heavy atom. The molecule has 0 fully saturated rings. The Balaban J connectivity index is 1.84. The van der Waals surface area contributed by atoms with Crippen LogP contribution in [0.2, 0.25) is 15.1 Å². The van der Waals surface area contributed by atoms with Gasteiger partial charge in [-0.1, -0.05) is 40.9 Å². The summed E-state index contributed by atoms with van der Waals surface area (Å²) in [5.74, 6) is 0. The molecule has 0 unspecified atom stereocenters. The number of hydrogen-bond donors (Lipinski definition) is 0. The van der Waals surface area contributed by atoms with Gasteiger partial charge in [0.15, 0.2) is 0 Å². The quantitative estimate of drug-likeness (QED) is 0.480. The van der Waals surface area contributed by atoms with E-state index in [1.54, 1.807) is 27.8 Å². The molecular weight excluding hydrogens is 407 g/mol. The molecule has 27 heavy (non-hydrogen) atoms. The topological polar surface area (TPSA) is 53.5 Å². The summed E-state index contributed by atoms with van der Waals surface area (Å²) in [7, 11) is 3.71. The highest BCUT2D eigenvalue weighted by Gasteiger charge is 2.21. The van der Waals surface area contributed by atoms with Gasteiger partial charge in [-0.05, 0) is 17.7 Å². The van der Waals surface area contributed by atoms with Gasteiger partial charge in [0.05, 0.1) is 39.7 Å². The molecule has 0 atom stereocenters. The molecule has 0 aliphatic rings. The molecule has 3 aromatic heterocycles. The Bertz CT molecular complexity index is 1120. The van der Waals surface area contributed by atoms with Crippen molar-refractivity contribution >= 4 is 34.8 Å². The molecule has 0 amide bonds. The lowest BCUT2D eigenvalue weighted by molar-refractivity contribution is 0.697. The lowest BCUT2D eigenvalue weighted by Crippen LogP contribution is -2.04. The monoisotopic (exact) mass is 420 g/mol. The van der Waals surface area contributed by atoms with E-state index in [-0.39, 0.29) is 0 Å². The van der Waals surface area contributed by atoms with Crippen LogP contribution in [0.15, 0.2) is 43.0 Å². The second-order valence-electron chi connectivity index (χ2n) is 6.22. The van der Waals surface area contributed by atoms with Crippen LogP contribution >= 0.6 is 34.8 Å². The van der Waals surface area contributed by atoms with E-state index in [4.69, 9.17) is 39.9 Å². The average molecular weight is 422 g/mol. The minimum atomic E-state index is 0.487. The number of aryl methyl sites for hydroxylation is 2. The molecule has 0 saturated carbocycles. The normalized spacial score (nSPS) is 11.3. The van der Waals surface area contributed by atoms with Crippen LogP contribution < -0.4 is 0 Å². The fraction of sp³-hybridized carbons (Fsp3) is 0.167. The minimum Gasteiger partial charge on any atom is -0.275 e. The fourth-order valence-electron chi connectivity index (χ4n) is 2.91. The van der Waals surface area contributed by atoms with Crippen molar-refractivity contribution in [3.63, 3.8) is 0 Å². The molecule has 0 N–H and O–H groups in total. The van der Waals surface area contributed by atoms with E-state index in [0.717, 1.165) is 22.4 Å². The summed E-state index contributed by atoms with van der Waals surface area (Å²) < 4.78 is 5.29. The lowest BCUT2D eigenvalue weighted by Gasteiger charge is -2.07. The van der Waals surface area contributed by atoms with Gasteiger partial charge in [0.1, 0.15) is 5.69 Å². The summed E-state index contributed by atoms with van der Waals surface area (Å²) in [6.07, 6.45) is 7.29. The van der Waals surface area contributed by atoms with Crippen LogP contribution in [0.3, 0.4) is 0 Å². The van der Waals surface area contributed by atoms with E-state index >= 15 is 0 Å². The molecule has 1 aromatic carbocycles. The Morgan fingerprint density at radius 1 is 0.889 bits per heavy atom. The third-order valence-corrected chi connectivity index (χ3v) is 5.26. The molecule has 6 nitrogen and oxygen atoms in total. The van der Waals surface area contributed by atoms with E-state index in [1.807, 2.05) is 43.3 Å². The SMILES string of the molecule is Cn1cc(-c2nn(Cc3ccc(Cl)c(Cl)c3)c(-c3cnn(C)c3)c2Cl)cn1. The predicted molar refractivity (Wildman–Crippen MR) is 107 cm³/mol. The largest absolute Gasteiger partial charge is 0.275 e. The third kappa shape index (κ3) is 3.48. The molecule has 0 aliphatic heterocycles. The van der Waals surface area contributed by atoms with Gasteiger partial charge in [-0.15, -0.1) is 0 Å². The van der Waals surface area contributed by atoms with Gasteiger partial charge < -0.3 is 0 Å². The van der Waals surface area contributed by atoms with Crippen LogP contribution in [0, 0.1) is 0 Å². The van der Waals surface area contributed by atoms with Crippen molar-refractivity contribution in [2.24, 2.45) is 14.1 Å². The zero-order chi connectivity index (χ0) is 19.1. The maximum absolute atomic E-state index is 6.74. The fourth-order valence-corrected chi connectivity index (χ4v) is 3.59. The summed E-state index contributed by atoms with van der Waals surface area (Å²) >= 11 is 18.9. The molecule has 0 spiro atoms. The molecular formula is C18H15Cl3N6. The number of hydrogen-bond acceptors (Lipinski definition) is 3. The van der Waals surface area contributed by atoms with Crippen LogP contribution in [-0.4, -0.2) is 29.3 Å². The van der Waals surface area contributed by atoms with E-state index in [0.29, 0.717) is 27.3 Å². The van der Waals surface area contributed by atoms with Crippen LogP contribution in [0.1, 0.15) is 5.56 Å². The van der Waals surface area contributed by atoms with Crippen molar-refractivity contribution in [3.8, 4) is 22.5 Å². The molecule has 4 rings (SSSR count). The van der Waals surface area contributed by atoms with Crippen molar-refractivity contribution in [2.45, 2.75) is 6.54 Å². The van der Waals surface area contributed by atoms with E-state index in [2.05, 4.69) is 10.2 Å². The molecule has 0 bridgehead atoms. The highest BCUT2D eigenvalue weighted by atomic mass is 35.5. The number of benzene rings is 1. The Kier molecular flexibility index (Phi) is 4.72. The number of halogens is 3. The third-order valence-electron chi connectivity index (χ3n) is 4.17. The van der Waals surface area contributed by atoms with Gasteiger partial charge in [0, 0.05) is 37.6 Å². The minimum absolute atomic E-state index is 0.487. The average Bonchev–Trinajstić information content (AvgIpc) is 3.31. The molecule has 0 saturated heterocycles. The highest BCUT2D eigenvalue weighted by Crippen LogP contribution is 2.36. The lowest BCUT2D eigenvalue weighted by atomic mass is 10.2. The van der Waals surface area contributed by atoms with Crippen molar-refractivity contribution in [1.29, 1.82) is 0 Å². The summed E-state index contributed by atoms with van der Waals surface area (Å²) in [5.41, 5.74) is 4.15. The zero-order valence-corrected chi connectivity index (χ0v) is 16.8. The maximum atomic E-state index is 6.74. The van der Waals surface area contributed by atoms with E-state index < -0.39 is 0 Å². The summed E-state index contributed by atoms with van der Waals surface area (Å²) in [6.45, 7) is 0.487.